The van der Waals surface area contributed by atoms with Gasteiger partial charge in [-0.3, -0.25) is 13.9 Å². The fourth-order valence-corrected chi connectivity index (χ4v) is 3.97. The first kappa shape index (κ1) is 18.2. The molecule has 1 heterocycles. The maximum Gasteiger partial charge on any atom is 0.313 e. The topological polar surface area (TPSA) is 116 Å². The number of anilines is 2. The molecule has 0 radical (unpaired) electrons. The Morgan fingerprint density at radius 3 is 2.62 bits per heavy atom. The van der Waals surface area contributed by atoms with Crippen LogP contribution in [0, 0.1) is 6.92 Å². The summed E-state index contributed by atoms with van der Waals surface area (Å²) in [5.74, 6) is -1.45. The summed E-state index contributed by atoms with van der Waals surface area (Å²) in [5.41, 5.74) is 1.65. The van der Waals surface area contributed by atoms with Gasteiger partial charge in [-0.1, -0.05) is 0 Å². The molecule has 1 aromatic rings. The molecule has 1 fully saturated rings. The Labute approximate surface area is 140 Å². The first-order valence-electron chi connectivity index (χ1n) is 7.66. The van der Waals surface area contributed by atoms with Crippen molar-refractivity contribution in [2.75, 3.05) is 35.1 Å². The highest BCUT2D eigenvalue weighted by molar-refractivity contribution is 7.93. The summed E-state index contributed by atoms with van der Waals surface area (Å²) in [7, 11) is -3.26. The number of nitrogens with zero attached hydrogens (tertiary/aromatic N) is 1. The zero-order valence-electron chi connectivity index (χ0n) is 13.4. The van der Waals surface area contributed by atoms with Gasteiger partial charge in [0.15, 0.2) is 0 Å². The number of aliphatic hydroxyl groups excluding tert-OH is 1. The van der Waals surface area contributed by atoms with E-state index in [1.54, 1.807) is 25.1 Å². The number of amides is 2. The summed E-state index contributed by atoms with van der Waals surface area (Å²) >= 11 is 0. The van der Waals surface area contributed by atoms with Crippen LogP contribution >= 0.6 is 0 Å². The number of rotatable bonds is 5. The Hall–Kier alpha value is -2.13. The molecule has 2 amide bonds. The zero-order chi connectivity index (χ0) is 17.7. The molecule has 8 nitrogen and oxygen atoms in total. The van der Waals surface area contributed by atoms with Gasteiger partial charge in [-0.2, -0.15) is 0 Å². The number of nitrogens with one attached hydrogen (secondary N) is 2. The van der Waals surface area contributed by atoms with Crippen LogP contribution < -0.4 is 14.9 Å². The van der Waals surface area contributed by atoms with Crippen molar-refractivity contribution < 1.29 is 23.1 Å². The number of aryl methyl sites for hydroxylation is 1. The Kier molecular flexibility index (Phi) is 5.79. The van der Waals surface area contributed by atoms with Crippen LogP contribution in [-0.2, 0) is 19.6 Å². The number of hydrogen-bond acceptors (Lipinski definition) is 5. The van der Waals surface area contributed by atoms with Gasteiger partial charge in [0.1, 0.15) is 0 Å². The number of benzene rings is 1. The van der Waals surface area contributed by atoms with Gasteiger partial charge in [-0.15, -0.1) is 0 Å². The molecule has 3 N–H and O–H groups in total. The Balaban J connectivity index is 2.05. The summed E-state index contributed by atoms with van der Waals surface area (Å²) in [4.78, 5) is 23.4. The molecular formula is C15H21N3O5S. The van der Waals surface area contributed by atoms with Crippen LogP contribution in [0.25, 0.3) is 0 Å². The van der Waals surface area contributed by atoms with E-state index in [1.165, 1.54) is 4.31 Å². The van der Waals surface area contributed by atoms with Gasteiger partial charge in [-0.05, 0) is 43.5 Å². The van der Waals surface area contributed by atoms with Crippen LogP contribution in [0.5, 0.6) is 0 Å². The van der Waals surface area contributed by atoms with Crippen molar-refractivity contribution in [2.45, 2.75) is 19.8 Å². The van der Waals surface area contributed by atoms with Gasteiger partial charge in [0.2, 0.25) is 10.0 Å². The predicted molar refractivity (Wildman–Crippen MR) is 90.3 cm³/mol. The molecule has 24 heavy (non-hydrogen) atoms. The monoisotopic (exact) mass is 355 g/mol. The lowest BCUT2D eigenvalue weighted by molar-refractivity contribution is -0.136. The van der Waals surface area contributed by atoms with Gasteiger partial charge < -0.3 is 15.7 Å². The van der Waals surface area contributed by atoms with Crippen LogP contribution in [-0.4, -0.2) is 50.8 Å². The van der Waals surface area contributed by atoms with Gasteiger partial charge in [0.05, 0.1) is 11.4 Å². The van der Waals surface area contributed by atoms with Crippen molar-refractivity contribution in [3.8, 4) is 0 Å². The van der Waals surface area contributed by atoms with Gasteiger partial charge >= 0.3 is 11.8 Å². The molecule has 1 aliphatic rings. The molecule has 132 valence electrons. The lowest BCUT2D eigenvalue weighted by Crippen LogP contribution is -2.36. The molecule has 0 saturated carbocycles. The minimum Gasteiger partial charge on any atom is -0.396 e. The van der Waals surface area contributed by atoms with Crippen LogP contribution in [0.2, 0.25) is 0 Å². The first-order chi connectivity index (χ1) is 11.3. The quantitative estimate of drug-likeness (QED) is 0.507. The highest BCUT2D eigenvalue weighted by Crippen LogP contribution is 2.27. The Morgan fingerprint density at radius 2 is 2.04 bits per heavy atom. The van der Waals surface area contributed by atoms with Crippen LogP contribution in [0.1, 0.15) is 18.4 Å². The van der Waals surface area contributed by atoms with E-state index in [9.17, 15) is 18.0 Å². The van der Waals surface area contributed by atoms with Gasteiger partial charge in [-0.25, -0.2) is 8.42 Å². The predicted octanol–water partition coefficient (Wildman–Crippen LogP) is -0.0280. The number of carbonyl (C=O) groups is 2. The van der Waals surface area contributed by atoms with E-state index in [4.69, 9.17) is 5.11 Å². The van der Waals surface area contributed by atoms with E-state index >= 15 is 0 Å². The molecule has 2 rings (SSSR count). The van der Waals surface area contributed by atoms with E-state index in [1.807, 2.05) is 0 Å². The van der Waals surface area contributed by atoms with Crippen molar-refractivity contribution in [1.82, 2.24) is 5.32 Å². The van der Waals surface area contributed by atoms with Crippen molar-refractivity contribution in [2.24, 2.45) is 0 Å². The molecule has 0 unspecified atom stereocenters. The average molecular weight is 355 g/mol. The van der Waals surface area contributed by atoms with E-state index in [0.717, 1.165) is 0 Å². The average Bonchev–Trinajstić information content (AvgIpc) is 2.88. The van der Waals surface area contributed by atoms with E-state index in [0.29, 0.717) is 36.3 Å². The number of carbonyl (C=O) groups excluding carboxylic acids is 2. The highest BCUT2D eigenvalue weighted by Gasteiger charge is 2.28. The van der Waals surface area contributed by atoms with Crippen molar-refractivity contribution in [3.63, 3.8) is 0 Å². The molecule has 1 aliphatic heterocycles. The second-order valence-electron chi connectivity index (χ2n) is 5.53. The second kappa shape index (κ2) is 7.63. The third-order valence-electron chi connectivity index (χ3n) is 3.67. The summed E-state index contributed by atoms with van der Waals surface area (Å²) < 4.78 is 25.2. The maximum absolute atomic E-state index is 11.9. The largest absolute Gasteiger partial charge is 0.396 e. The number of hydrogen-bond donors (Lipinski definition) is 3. The lowest BCUT2D eigenvalue weighted by atomic mass is 10.1. The minimum atomic E-state index is -3.26. The normalized spacial score (nSPS) is 16.0. The van der Waals surface area contributed by atoms with Gasteiger partial charge in [0, 0.05) is 25.4 Å². The van der Waals surface area contributed by atoms with E-state index < -0.39 is 21.8 Å². The molecule has 0 aromatic heterocycles. The second-order valence-corrected chi connectivity index (χ2v) is 7.54. The smallest absolute Gasteiger partial charge is 0.313 e. The van der Waals surface area contributed by atoms with Crippen LogP contribution in [0.3, 0.4) is 0 Å². The third kappa shape index (κ3) is 4.24. The number of sulfonamides is 1. The third-order valence-corrected chi connectivity index (χ3v) is 5.54. The summed E-state index contributed by atoms with van der Waals surface area (Å²) in [6.07, 6.45) is 0.963. The van der Waals surface area contributed by atoms with Crippen molar-refractivity contribution >= 4 is 33.2 Å². The highest BCUT2D eigenvalue weighted by atomic mass is 32.2. The Morgan fingerprint density at radius 1 is 1.29 bits per heavy atom. The maximum atomic E-state index is 11.9. The van der Waals surface area contributed by atoms with E-state index in [-0.39, 0.29) is 18.9 Å². The molecule has 9 heteroatoms. The summed E-state index contributed by atoms with van der Waals surface area (Å²) in [6.45, 7) is 2.32. The minimum absolute atomic E-state index is 0.0676. The molecule has 0 aliphatic carbocycles. The zero-order valence-corrected chi connectivity index (χ0v) is 14.2. The fourth-order valence-electron chi connectivity index (χ4n) is 2.41. The molecule has 1 aromatic carbocycles. The molecular weight excluding hydrogens is 334 g/mol. The van der Waals surface area contributed by atoms with Crippen LogP contribution in [0.4, 0.5) is 11.4 Å². The molecule has 0 atom stereocenters. The van der Waals surface area contributed by atoms with Crippen LogP contribution in [0.15, 0.2) is 18.2 Å². The molecule has 0 bridgehead atoms. The SMILES string of the molecule is Cc1cc(N2CCCS2(=O)=O)ccc1NC(=O)C(=O)NCCCO. The van der Waals surface area contributed by atoms with Crippen molar-refractivity contribution in [3.05, 3.63) is 23.8 Å². The Bertz CT molecular complexity index is 733. The summed E-state index contributed by atoms with van der Waals surface area (Å²) in [6, 6.07) is 4.86. The molecule has 0 spiro atoms. The standard InChI is InChI=1S/C15H21N3O5S/c1-11-10-12(18-7-3-9-24(18,22)23)4-5-13(11)17-15(21)14(20)16-6-2-8-19/h4-5,10,19H,2-3,6-9H2,1H3,(H,16,20)(H,17,21). The van der Waals surface area contributed by atoms with E-state index in [2.05, 4.69) is 10.6 Å². The lowest BCUT2D eigenvalue weighted by Gasteiger charge is -2.18. The number of aliphatic hydroxyl groups is 1. The van der Waals surface area contributed by atoms with Gasteiger partial charge in [0.25, 0.3) is 0 Å². The summed E-state index contributed by atoms with van der Waals surface area (Å²) in [5, 5.41) is 13.5. The first-order valence-corrected chi connectivity index (χ1v) is 9.27. The fraction of sp³-hybridized carbons (Fsp3) is 0.467. The molecule has 1 saturated heterocycles. The van der Waals surface area contributed by atoms with Crippen molar-refractivity contribution in [1.29, 1.82) is 0 Å².